The van der Waals surface area contributed by atoms with Crippen molar-refractivity contribution in [2.45, 2.75) is 226 Å². The van der Waals surface area contributed by atoms with Gasteiger partial charge in [-0.2, -0.15) is 0 Å². The van der Waals surface area contributed by atoms with E-state index in [0.717, 1.165) is 0 Å². The predicted molar refractivity (Wildman–Crippen MR) is 186 cm³/mol. The maximum Gasteiger partial charge on any atom is -0.00519 e. The molecule has 0 spiro atoms. The summed E-state index contributed by atoms with van der Waals surface area (Å²) in [6, 6.07) is 0. The number of nitrogens with one attached hydrogen (secondary N) is 1. The van der Waals surface area contributed by atoms with Crippen molar-refractivity contribution in [3.63, 3.8) is 0 Å². The lowest BCUT2D eigenvalue weighted by atomic mass is 10.0. The van der Waals surface area contributed by atoms with Crippen LogP contribution in [0.3, 0.4) is 0 Å². The van der Waals surface area contributed by atoms with Crippen LogP contribution in [0, 0.1) is 0 Å². The standard InChI is InChI=1S/C19H41N.C18H38.ClH/c1-3-4-5-6-7-8-9-10-11-12-13-14-15-16-17-18-19-20-2;1-3-5-7-9-11-13-15-17-18-16-14-12-10-8-6-4-2;/h20H,3-19H2,1-2H3;3-18H2,1-2H3;1H. The van der Waals surface area contributed by atoms with Gasteiger partial charge in [0.05, 0.1) is 0 Å². The van der Waals surface area contributed by atoms with Gasteiger partial charge in [-0.3, -0.25) is 0 Å². The van der Waals surface area contributed by atoms with Crippen molar-refractivity contribution in [3.8, 4) is 0 Å². The highest BCUT2D eigenvalue weighted by atomic mass is 35.5. The van der Waals surface area contributed by atoms with Crippen molar-refractivity contribution < 1.29 is 0 Å². The van der Waals surface area contributed by atoms with Crippen LogP contribution >= 0.6 is 12.4 Å². The minimum absolute atomic E-state index is 0. The third-order valence-corrected chi connectivity index (χ3v) is 8.24. The summed E-state index contributed by atoms with van der Waals surface area (Å²) < 4.78 is 0. The highest BCUT2D eigenvalue weighted by Crippen LogP contribution is 2.15. The molecule has 0 unspecified atom stereocenters. The monoisotopic (exact) mass is 574 g/mol. The van der Waals surface area contributed by atoms with Gasteiger partial charge in [0.1, 0.15) is 0 Å². The average Bonchev–Trinajstić information content (AvgIpc) is 2.93. The largest absolute Gasteiger partial charge is 0.320 e. The smallest absolute Gasteiger partial charge is 0.00519 e. The van der Waals surface area contributed by atoms with E-state index in [4.69, 9.17) is 0 Å². The number of rotatable bonds is 32. The van der Waals surface area contributed by atoms with E-state index in [1.54, 1.807) is 0 Å². The normalized spacial score (nSPS) is 10.8. The SMILES string of the molecule is CCCCCCCCCCCCCCCCCC.CCCCCCCCCCCCCCCCCCNC.Cl. The first-order chi connectivity index (χ1) is 18.8. The van der Waals surface area contributed by atoms with Gasteiger partial charge in [0.25, 0.3) is 0 Å². The lowest BCUT2D eigenvalue weighted by molar-refractivity contribution is 0.528. The zero-order valence-electron chi connectivity index (χ0n) is 28.2. The molecule has 0 aromatic carbocycles. The Kier molecular flexibility index (Phi) is 50.7. The molecule has 0 radical (unpaired) electrons. The molecule has 0 aliphatic rings. The number of hydrogen-bond donors (Lipinski definition) is 1. The Balaban J connectivity index is -0.000000651. The van der Waals surface area contributed by atoms with Gasteiger partial charge in [-0.15, -0.1) is 12.4 Å². The summed E-state index contributed by atoms with van der Waals surface area (Å²) in [5, 5.41) is 3.22. The number of halogens is 1. The zero-order chi connectivity index (χ0) is 28.0. The van der Waals surface area contributed by atoms with E-state index in [-0.39, 0.29) is 12.4 Å². The van der Waals surface area contributed by atoms with E-state index < -0.39 is 0 Å². The minimum atomic E-state index is 0. The van der Waals surface area contributed by atoms with Crippen LogP contribution in [0.15, 0.2) is 0 Å². The van der Waals surface area contributed by atoms with Crippen molar-refractivity contribution in [2.75, 3.05) is 13.6 Å². The molecule has 0 atom stereocenters. The first-order valence-corrected chi connectivity index (χ1v) is 18.5. The summed E-state index contributed by atoms with van der Waals surface area (Å²) in [5.74, 6) is 0. The first-order valence-electron chi connectivity index (χ1n) is 18.5. The minimum Gasteiger partial charge on any atom is -0.320 e. The Morgan fingerprint density at radius 2 is 0.410 bits per heavy atom. The maximum atomic E-state index is 3.22. The van der Waals surface area contributed by atoms with E-state index in [1.165, 1.54) is 212 Å². The Bertz CT molecular complexity index is 325. The number of unbranched alkanes of at least 4 members (excludes halogenated alkanes) is 30. The Morgan fingerprint density at radius 3 is 0.564 bits per heavy atom. The van der Waals surface area contributed by atoms with Gasteiger partial charge in [-0.1, -0.05) is 220 Å². The fourth-order valence-electron chi connectivity index (χ4n) is 5.47. The molecule has 0 aliphatic heterocycles. The Hall–Kier alpha value is 0.250. The topological polar surface area (TPSA) is 12.0 Å². The summed E-state index contributed by atoms with van der Waals surface area (Å²) in [5.41, 5.74) is 0. The van der Waals surface area contributed by atoms with Gasteiger partial charge in [0.2, 0.25) is 0 Å². The number of hydrogen-bond acceptors (Lipinski definition) is 1. The molecule has 0 amide bonds. The van der Waals surface area contributed by atoms with E-state index in [9.17, 15) is 0 Å². The van der Waals surface area contributed by atoms with Gasteiger partial charge < -0.3 is 5.32 Å². The van der Waals surface area contributed by atoms with Crippen LogP contribution in [-0.2, 0) is 0 Å². The van der Waals surface area contributed by atoms with E-state index in [1.807, 2.05) is 7.05 Å². The molecule has 0 heterocycles. The second-order valence-electron chi connectivity index (χ2n) is 12.4. The van der Waals surface area contributed by atoms with Crippen LogP contribution in [0.4, 0.5) is 0 Å². The Morgan fingerprint density at radius 1 is 0.256 bits per heavy atom. The summed E-state index contributed by atoms with van der Waals surface area (Å²) in [7, 11) is 2.05. The molecular formula is C37H80ClN. The van der Waals surface area contributed by atoms with Crippen LogP contribution in [0.1, 0.15) is 226 Å². The van der Waals surface area contributed by atoms with Crippen molar-refractivity contribution in [3.05, 3.63) is 0 Å². The molecule has 0 saturated heterocycles. The fraction of sp³-hybridized carbons (Fsp3) is 1.00. The molecule has 0 fully saturated rings. The molecule has 0 rings (SSSR count). The molecular weight excluding hydrogens is 494 g/mol. The molecule has 1 N–H and O–H groups in total. The van der Waals surface area contributed by atoms with Crippen LogP contribution in [0.5, 0.6) is 0 Å². The maximum absolute atomic E-state index is 3.22. The summed E-state index contributed by atoms with van der Waals surface area (Å²) in [6.45, 7) is 8.07. The van der Waals surface area contributed by atoms with Gasteiger partial charge >= 0.3 is 0 Å². The quantitative estimate of drug-likeness (QED) is 0.0788. The van der Waals surface area contributed by atoms with Gasteiger partial charge in [0, 0.05) is 0 Å². The van der Waals surface area contributed by atoms with Crippen LogP contribution in [0.2, 0.25) is 0 Å². The highest BCUT2D eigenvalue weighted by Gasteiger charge is 1.95. The Labute approximate surface area is 257 Å². The molecule has 39 heavy (non-hydrogen) atoms. The van der Waals surface area contributed by atoms with Crippen molar-refractivity contribution in [2.24, 2.45) is 0 Å². The molecule has 0 saturated carbocycles. The zero-order valence-corrected chi connectivity index (χ0v) is 29.1. The molecule has 0 aliphatic carbocycles. The van der Waals surface area contributed by atoms with Crippen molar-refractivity contribution in [1.82, 2.24) is 5.32 Å². The van der Waals surface area contributed by atoms with Crippen molar-refractivity contribution in [1.29, 1.82) is 0 Å². The summed E-state index contributed by atoms with van der Waals surface area (Å²) in [4.78, 5) is 0. The molecule has 0 bridgehead atoms. The van der Waals surface area contributed by atoms with E-state index in [2.05, 4.69) is 26.1 Å². The van der Waals surface area contributed by atoms with Gasteiger partial charge in [0.15, 0.2) is 0 Å². The van der Waals surface area contributed by atoms with Gasteiger partial charge in [-0.25, -0.2) is 0 Å². The third kappa shape index (κ3) is 48.3. The van der Waals surface area contributed by atoms with Crippen molar-refractivity contribution >= 4 is 12.4 Å². The first kappa shape index (κ1) is 43.7. The van der Waals surface area contributed by atoms with Crippen LogP contribution in [-0.4, -0.2) is 13.6 Å². The van der Waals surface area contributed by atoms with Gasteiger partial charge in [-0.05, 0) is 20.0 Å². The molecule has 0 aromatic rings. The summed E-state index contributed by atoms with van der Waals surface area (Å²) >= 11 is 0. The second-order valence-corrected chi connectivity index (χ2v) is 12.4. The lowest BCUT2D eigenvalue weighted by Crippen LogP contribution is -2.06. The molecule has 0 aromatic heterocycles. The molecule has 2 heteroatoms. The summed E-state index contributed by atoms with van der Waals surface area (Å²) in [6.07, 6.45) is 46.7. The molecule has 1 nitrogen and oxygen atoms in total. The third-order valence-electron chi connectivity index (χ3n) is 8.24. The van der Waals surface area contributed by atoms with Crippen LogP contribution in [0.25, 0.3) is 0 Å². The van der Waals surface area contributed by atoms with Crippen LogP contribution < -0.4 is 5.32 Å². The average molecular weight is 575 g/mol. The van der Waals surface area contributed by atoms with E-state index >= 15 is 0 Å². The predicted octanol–water partition coefficient (Wildman–Crippen LogP) is 14.2. The highest BCUT2D eigenvalue weighted by molar-refractivity contribution is 5.85. The second kappa shape index (κ2) is 45.2. The fourth-order valence-corrected chi connectivity index (χ4v) is 5.47. The molecule has 240 valence electrons. The van der Waals surface area contributed by atoms with E-state index in [0.29, 0.717) is 0 Å². The lowest BCUT2D eigenvalue weighted by Gasteiger charge is -2.03.